The highest BCUT2D eigenvalue weighted by molar-refractivity contribution is 5.79. The molecule has 0 spiro atoms. The molecule has 2 fully saturated rings. The Morgan fingerprint density at radius 2 is 1.28 bits per heavy atom. The lowest BCUT2D eigenvalue weighted by Gasteiger charge is -2.37. The first-order valence-electron chi connectivity index (χ1n) is 9.69. The van der Waals surface area contributed by atoms with E-state index < -0.39 is 0 Å². The van der Waals surface area contributed by atoms with Crippen molar-refractivity contribution in [1.82, 2.24) is 10.0 Å². The zero-order valence-corrected chi connectivity index (χ0v) is 15.9. The molecule has 2 amide bonds. The minimum absolute atomic E-state index is 0.0710. The molecule has 0 aromatic rings. The molecule has 2 aliphatic carbocycles. The normalized spacial score (nSPS) is 19.2. The van der Waals surface area contributed by atoms with Gasteiger partial charge in [0, 0.05) is 26.9 Å². The summed E-state index contributed by atoms with van der Waals surface area (Å²) in [7, 11) is 3.22. The second-order valence-electron chi connectivity index (χ2n) is 7.53. The van der Waals surface area contributed by atoms with Gasteiger partial charge in [-0.05, 0) is 37.5 Å². The molecule has 6 nitrogen and oxygen atoms in total. The molecule has 2 saturated carbocycles. The van der Waals surface area contributed by atoms with Crippen LogP contribution in [0.2, 0.25) is 0 Å². The summed E-state index contributed by atoms with van der Waals surface area (Å²) < 4.78 is 0. The van der Waals surface area contributed by atoms with Crippen molar-refractivity contribution in [3.63, 3.8) is 0 Å². The van der Waals surface area contributed by atoms with E-state index in [1.807, 2.05) is 0 Å². The van der Waals surface area contributed by atoms with Gasteiger partial charge in [-0.2, -0.15) is 0 Å². The van der Waals surface area contributed by atoms with E-state index in [2.05, 4.69) is 16.2 Å². The Morgan fingerprint density at radius 3 is 1.72 bits per heavy atom. The number of carbonyl (C=O) groups is 2. The summed E-state index contributed by atoms with van der Waals surface area (Å²) in [5.74, 6) is 0.935. The third-order valence-corrected chi connectivity index (χ3v) is 5.76. The molecule has 0 unspecified atom stereocenters. The predicted molar refractivity (Wildman–Crippen MR) is 97.7 cm³/mol. The fourth-order valence-electron chi connectivity index (χ4n) is 4.26. The number of hydrogen-bond donors (Lipinski definition) is 0. The molecule has 0 bridgehead atoms. The van der Waals surface area contributed by atoms with Gasteiger partial charge in [0.05, 0.1) is 0 Å². The second kappa shape index (κ2) is 9.71. The zero-order chi connectivity index (χ0) is 18.2. The quantitative estimate of drug-likeness (QED) is 0.561. The third kappa shape index (κ3) is 5.67. The van der Waals surface area contributed by atoms with Crippen LogP contribution in [-0.4, -0.2) is 41.9 Å². The van der Waals surface area contributed by atoms with E-state index in [-0.39, 0.29) is 17.7 Å². The molecule has 0 aromatic carbocycles. The fraction of sp³-hybridized carbons (Fsp3) is 0.842. The highest BCUT2D eigenvalue weighted by Gasteiger charge is 2.37. The highest BCUT2D eigenvalue weighted by atomic mass is 16.2. The Kier molecular flexibility index (Phi) is 7.63. The summed E-state index contributed by atoms with van der Waals surface area (Å²) in [5.41, 5.74) is 0. The lowest BCUT2D eigenvalue weighted by Crippen LogP contribution is -2.40. The smallest absolute Gasteiger partial charge is 0.246 e. The van der Waals surface area contributed by atoms with Gasteiger partial charge < -0.3 is 0 Å². The Bertz CT molecular complexity index is 498. The second-order valence-corrected chi connectivity index (χ2v) is 7.53. The van der Waals surface area contributed by atoms with Gasteiger partial charge in [-0.3, -0.25) is 9.59 Å². The Morgan fingerprint density at radius 1 is 0.840 bits per heavy atom. The SMILES string of the molecule is CC(=O)N(C)N=C=NN(C)C(=O)C(C1CCCCC1)C1CCCCC1. The maximum Gasteiger partial charge on any atom is 0.246 e. The van der Waals surface area contributed by atoms with Crippen LogP contribution in [0.1, 0.15) is 71.1 Å². The van der Waals surface area contributed by atoms with Crippen LogP contribution in [0.5, 0.6) is 0 Å². The minimum atomic E-state index is -0.195. The standard InChI is InChI=1S/C19H32N4O2/c1-15(24)22(2)20-14-21-23(3)19(25)18(16-10-6-4-7-11-16)17-12-8-5-9-13-17/h16-18H,4-13H2,1-3H3. The Labute approximate surface area is 151 Å². The van der Waals surface area contributed by atoms with Crippen molar-refractivity contribution >= 4 is 17.8 Å². The van der Waals surface area contributed by atoms with Gasteiger partial charge in [0.2, 0.25) is 11.8 Å². The van der Waals surface area contributed by atoms with Crippen molar-refractivity contribution in [1.29, 1.82) is 0 Å². The van der Waals surface area contributed by atoms with Gasteiger partial charge in [0.15, 0.2) is 0 Å². The summed E-state index contributed by atoms with van der Waals surface area (Å²) in [5, 5.41) is 10.4. The van der Waals surface area contributed by atoms with Crippen LogP contribution in [0.15, 0.2) is 10.2 Å². The van der Waals surface area contributed by atoms with Gasteiger partial charge in [-0.1, -0.05) is 38.5 Å². The van der Waals surface area contributed by atoms with Gasteiger partial charge in [0.1, 0.15) is 6.01 Å². The lowest BCUT2D eigenvalue weighted by molar-refractivity contribution is -0.139. The maximum atomic E-state index is 13.1. The number of amides is 2. The number of nitrogens with zero attached hydrogens (tertiary/aromatic N) is 4. The van der Waals surface area contributed by atoms with Gasteiger partial charge in [0.25, 0.3) is 0 Å². The monoisotopic (exact) mass is 348 g/mol. The van der Waals surface area contributed by atoms with Gasteiger partial charge in [-0.15, -0.1) is 10.2 Å². The molecular weight excluding hydrogens is 316 g/mol. The Balaban J connectivity index is 2.10. The van der Waals surface area contributed by atoms with E-state index in [4.69, 9.17) is 0 Å². The summed E-state index contributed by atoms with van der Waals surface area (Å²) in [6.07, 6.45) is 12.2. The number of hydrogen-bond acceptors (Lipinski definition) is 4. The molecule has 25 heavy (non-hydrogen) atoms. The summed E-state index contributed by atoms with van der Waals surface area (Å²) in [6, 6.07) is 2.47. The van der Waals surface area contributed by atoms with E-state index in [0.29, 0.717) is 11.8 Å². The molecule has 2 aliphatic rings. The third-order valence-electron chi connectivity index (χ3n) is 5.76. The van der Waals surface area contributed by atoms with Crippen molar-refractivity contribution in [3.05, 3.63) is 0 Å². The first-order valence-corrected chi connectivity index (χ1v) is 9.69. The minimum Gasteiger partial charge on any atom is -0.273 e. The van der Waals surface area contributed by atoms with Crippen LogP contribution in [-0.2, 0) is 9.59 Å². The van der Waals surface area contributed by atoms with Crippen LogP contribution in [0.4, 0.5) is 0 Å². The van der Waals surface area contributed by atoms with Crippen molar-refractivity contribution in [3.8, 4) is 0 Å². The van der Waals surface area contributed by atoms with E-state index in [0.717, 1.165) is 30.7 Å². The van der Waals surface area contributed by atoms with E-state index in [1.165, 1.54) is 50.5 Å². The zero-order valence-electron chi connectivity index (χ0n) is 15.9. The van der Waals surface area contributed by atoms with Crippen LogP contribution < -0.4 is 0 Å². The van der Waals surface area contributed by atoms with Crippen molar-refractivity contribution in [2.45, 2.75) is 71.1 Å². The molecule has 140 valence electrons. The van der Waals surface area contributed by atoms with E-state index >= 15 is 0 Å². The first kappa shape index (κ1) is 19.6. The van der Waals surface area contributed by atoms with Gasteiger partial charge in [-0.25, -0.2) is 10.0 Å². The molecule has 0 aromatic heterocycles. The average Bonchev–Trinajstić information content (AvgIpc) is 2.63. The summed E-state index contributed by atoms with van der Waals surface area (Å²) in [4.78, 5) is 24.3. The van der Waals surface area contributed by atoms with Gasteiger partial charge >= 0.3 is 0 Å². The van der Waals surface area contributed by atoms with Crippen molar-refractivity contribution < 1.29 is 9.59 Å². The first-order chi connectivity index (χ1) is 12.0. The van der Waals surface area contributed by atoms with Crippen molar-refractivity contribution in [2.75, 3.05) is 14.1 Å². The van der Waals surface area contributed by atoms with E-state index in [9.17, 15) is 9.59 Å². The molecule has 6 heteroatoms. The molecule has 2 rings (SSSR count). The Hall–Kier alpha value is -1.68. The molecule has 0 atom stereocenters. The van der Waals surface area contributed by atoms with Crippen LogP contribution in [0.3, 0.4) is 0 Å². The number of rotatable bonds is 5. The highest BCUT2D eigenvalue weighted by Crippen LogP contribution is 2.40. The summed E-state index contributed by atoms with van der Waals surface area (Å²) in [6.45, 7) is 1.42. The predicted octanol–water partition coefficient (Wildman–Crippen LogP) is 3.70. The fourth-order valence-corrected chi connectivity index (χ4v) is 4.26. The van der Waals surface area contributed by atoms with Crippen molar-refractivity contribution in [2.24, 2.45) is 28.0 Å². The van der Waals surface area contributed by atoms with E-state index in [1.54, 1.807) is 14.1 Å². The number of carbonyl (C=O) groups excluding carboxylic acids is 2. The molecule has 0 saturated heterocycles. The number of hydrazone groups is 2. The summed E-state index contributed by atoms with van der Waals surface area (Å²) >= 11 is 0. The lowest BCUT2D eigenvalue weighted by atomic mass is 9.69. The molecule has 0 radical (unpaired) electrons. The van der Waals surface area contributed by atoms with Crippen LogP contribution >= 0.6 is 0 Å². The largest absolute Gasteiger partial charge is 0.273 e. The molecular formula is C19H32N4O2. The van der Waals surface area contributed by atoms with Crippen LogP contribution in [0, 0.1) is 17.8 Å². The van der Waals surface area contributed by atoms with Crippen LogP contribution in [0.25, 0.3) is 0 Å². The molecule has 0 aliphatic heterocycles. The molecule has 0 N–H and O–H groups in total. The molecule has 0 heterocycles. The topological polar surface area (TPSA) is 65.3 Å². The maximum absolute atomic E-state index is 13.1. The average molecular weight is 348 g/mol.